The molecule has 4 heteroatoms. The monoisotopic (exact) mass is 336 g/mol. The lowest BCUT2D eigenvalue weighted by Crippen LogP contribution is -2.11. The Kier molecular flexibility index (Phi) is 4.93. The molecule has 0 N–H and O–H groups in total. The molecule has 24 heavy (non-hydrogen) atoms. The maximum atomic E-state index is 14.5. The highest BCUT2D eigenvalue weighted by molar-refractivity contribution is 5.65. The third kappa shape index (κ3) is 3.33. The summed E-state index contributed by atoms with van der Waals surface area (Å²) in [4.78, 5) is 0. The number of rotatable bonds is 3. The average Bonchev–Trinajstić information content (AvgIpc) is 2.55. The van der Waals surface area contributed by atoms with Gasteiger partial charge in [-0.1, -0.05) is 31.9 Å². The van der Waals surface area contributed by atoms with Crippen LogP contribution in [0.1, 0.15) is 49.7 Å². The van der Waals surface area contributed by atoms with Gasteiger partial charge in [-0.25, -0.2) is 17.6 Å². The molecule has 0 amide bonds. The Morgan fingerprint density at radius 2 is 1.50 bits per heavy atom. The van der Waals surface area contributed by atoms with E-state index < -0.39 is 29.7 Å². The molecule has 1 aliphatic rings. The highest BCUT2D eigenvalue weighted by atomic mass is 19.1. The minimum absolute atomic E-state index is 0.0866. The van der Waals surface area contributed by atoms with Crippen molar-refractivity contribution in [3.63, 3.8) is 0 Å². The normalized spacial score (nSPS) is 21.0. The van der Waals surface area contributed by atoms with Gasteiger partial charge in [0, 0.05) is 5.56 Å². The Morgan fingerprint density at radius 3 is 2.04 bits per heavy atom. The van der Waals surface area contributed by atoms with Crippen LogP contribution in [0.4, 0.5) is 17.6 Å². The molecule has 128 valence electrons. The third-order valence-electron chi connectivity index (χ3n) is 5.07. The number of hydrogen-bond acceptors (Lipinski definition) is 0. The lowest BCUT2D eigenvalue weighted by Gasteiger charge is -2.26. The van der Waals surface area contributed by atoms with Crippen LogP contribution in [0.15, 0.2) is 30.3 Å². The van der Waals surface area contributed by atoms with Gasteiger partial charge in [0.05, 0.1) is 5.56 Å². The van der Waals surface area contributed by atoms with E-state index in [0.717, 1.165) is 43.4 Å². The van der Waals surface area contributed by atoms with Crippen LogP contribution < -0.4 is 0 Å². The van der Waals surface area contributed by atoms with Crippen molar-refractivity contribution in [3.8, 4) is 11.1 Å². The zero-order valence-electron chi connectivity index (χ0n) is 13.6. The zero-order chi connectivity index (χ0) is 17.3. The molecule has 0 saturated heterocycles. The van der Waals surface area contributed by atoms with Gasteiger partial charge in [-0.15, -0.1) is 0 Å². The van der Waals surface area contributed by atoms with Crippen LogP contribution in [0.3, 0.4) is 0 Å². The first-order valence-corrected chi connectivity index (χ1v) is 8.33. The Labute approximate surface area is 139 Å². The summed E-state index contributed by atoms with van der Waals surface area (Å²) >= 11 is 0. The summed E-state index contributed by atoms with van der Waals surface area (Å²) in [6, 6.07) is 6.83. The zero-order valence-corrected chi connectivity index (χ0v) is 13.6. The van der Waals surface area contributed by atoms with Crippen molar-refractivity contribution in [2.75, 3.05) is 0 Å². The van der Waals surface area contributed by atoms with Crippen molar-refractivity contribution < 1.29 is 17.6 Å². The summed E-state index contributed by atoms with van der Waals surface area (Å²) in [5.74, 6) is -1.43. The van der Waals surface area contributed by atoms with E-state index >= 15 is 0 Å². The molecule has 0 atom stereocenters. The molecule has 0 heterocycles. The predicted octanol–water partition coefficient (Wildman–Crippen LogP) is 6.53. The minimum atomic E-state index is -1.22. The molecule has 0 aliphatic heterocycles. The Hall–Kier alpha value is -1.84. The fraction of sp³-hybridized carbons (Fsp3) is 0.400. The molecule has 2 aromatic carbocycles. The van der Waals surface area contributed by atoms with Crippen molar-refractivity contribution in [3.05, 3.63) is 58.9 Å². The van der Waals surface area contributed by atoms with Crippen LogP contribution >= 0.6 is 0 Å². The highest BCUT2D eigenvalue weighted by Crippen LogP contribution is 2.37. The van der Waals surface area contributed by atoms with Gasteiger partial charge in [0.25, 0.3) is 0 Å². The van der Waals surface area contributed by atoms with Crippen molar-refractivity contribution in [1.29, 1.82) is 0 Å². The first-order chi connectivity index (χ1) is 11.5. The van der Waals surface area contributed by atoms with Crippen molar-refractivity contribution in [1.82, 2.24) is 0 Å². The second-order valence-corrected chi connectivity index (χ2v) is 6.75. The van der Waals surface area contributed by atoms with Crippen molar-refractivity contribution >= 4 is 0 Å². The molecule has 1 fully saturated rings. The Morgan fingerprint density at radius 1 is 0.875 bits per heavy atom. The molecule has 1 aliphatic carbocycles. The van der Waals surface area contributed by atoms with Gasteiger partial charge in [-0.05, 0) is 54.0 Å². The van der Waals surface area contributed by atoms with Gasteiger partial charge in [-0.2, -0.15) is 0 Å². The molecule has 2 aromatic rings. The molecule has 0 spiro atoms. The van der Waals surface area contributed by atoms with Gasteiger partial charge in [-0.3, -0.25) is 0 Å². The number of alkyl halides is 1. The van der Waals surface area contributed by atoms with Gasteiger partial charge in [0.15, 0.2) is 0 Å². The van der Waals surface area contributed by atoms with E-state index in [1.54, 1.807) is 6.07 Å². The fourth-order valence-corrected chi connectivity index (χ4v) is 3.50. The van der Waals surface area contributed by atoms with Gasteiger partial charge < -0.3 is 0 Å². The molecule has 0 aromatic heterocycles. The SMILES string of the molecule is CC1CCC(c2ccc(-c3cc(F)c(CF)c(F)c3)c(F)c2)CC1. The average molecular weight is 336 g/mol. The van der Waals surface area contributed by atoms with Crippen LogP contribution in [0.2, 0.25) is 0 Å². The summed E-state index contributed by atoms with van der Waals surface area (Å²) in [5, 5.41) is 0. The smallest absolute Gasteiger partial charge is 0.132 e. The molecule has 0 radical (unpaired) electrons. The largest absolute Gasteiger partial charge is 0.246 e. The Balaban J connectivity index is 1.90. The van der Waals surface area contributed by atoms with E-state index in [1.807, 2.05) is 6.07 Å². The van der Waals surface area contributed by atoms with E-state index in [9.17, 15) is 17.6 Å². The second-order valence-electron chi connectivity index (χ2n) is 6.75. The molecule has 0 unspecified atom stereocenters. The molecular weight excluding hydrogens is 316 g/mol. The third-order valence-corrected chi connectivity index (χ3v) is 5.07. The van der Waals surface area contributed by atoms with Gasteiger partial charge in [0.2, 0.25) is 0 Å². The topological polar surface area (TPSA) is 0 Å². The summed E-state index contributed by atoms with van der Waals surface area (Å²) in [5.41, 5.74) is 0.534. The van der Waals surface area contributed by atoms with Crippen LogP contribution in [0, 0.1) is 23.4 Å². The Bertz CT molecular complexity index is 707. The van der Waals surface area contributed by atoms with Crippen molar-refractivity contribution in [2.45, 2.75) is 45.2 Å². The van der Waals surface area contributed by atoms with Crippen LogP contribution in [-0.2, 0) is 6.67 Å². The first kappa shape index (κ1) is 17.0. The predicted molar refractivity (Wildman–Crippen MR) is 86.9 cm³/mol. The van der Waals surface area contributed by atoms with E-state index in [1.165, 1.54) is 6.07 Å². The summed E-state index contributed by atoms with van der Waals surface area (Å²) in [6.07, 6.45) is 4.34. The number of benzene rings is 2. The van der Waals surface area contributed by atoms with E-state index in [-0.39, 0.29) is 11.1 Å². The minimum Gasteiger partial charge on any atom is -0.246 e. The van der Waals surface area contributed by atoms with Crippen molar-refractivity contribution in [2.24, 2.45) is 5.92 Å². The molecule has 0 bridgehead atoms. The van der Waals surface area contributed by atoms with Gasteiger partial charge >= 0.3 is 0 Å². The lowest BCUT2D eigenvalue weighted by atomic mass is 9.79. The van der Waals surface area contributed by atoms with Gasteiger partial charge in [0.1, 0.15) is 24.1 Å². The maximum absolute atomic E-state index is 14.5. The second kappa shape index (κ2) is 6.96. The number of hydrogen-bond donors (Lipinski definition) is 0. The lowest BCUT2D eigenvalue weighted by molar-refractivity contribution is 0.347. The summed E-state index contributed by atoms with van der Waals surface area (Å²) < 4.78 is 54.6. The van der Waals surface area contributed by atoms with E-state index in [0.29, 0.717) is 11.8 Å². The number of halogens is 4. The first-order valence-electron chi connectivity index (χ1n) is 8.33. The summed E-state index contributed by atoms with van der Waals surface area (Å²) in [6.45, 7) is 1.00. The molecular formula is C20H20F4. The molecule has 1 saturated carbocycles. The van der Waals surface area contributed by atoms with Crippen LogP contribution in [0.25, 0.3) is 11.1 Å². The highest BCUT2D eigenvalue weighted by Gasteiger charge is 2.21. The fourth-order valence-electron chi connectivity index (χ4n) is 3.50. The molecule has 0 nitrogen and oxygen atoms in total. The quantitative estimate of drug-likeness (QED) is 0.559. The standard InChI is InChI=1S/C20H20F4/c1-12-2-4-13(5-3-12)14-6-7-16(18(22)8-14)15-9-19(23)17(11-21)20(24)10-15/h6-10,12-13H,2-5,11H2,1H3. The molecule has 3 rings (SSSR count). The van der Waals surface area contributed by atoms with E-state index in [4.69, 9.17) is 0 Å². The summed E-state index contributed by atoms with van der Waals surface area (Å²) in [7, 11) is 0. The van der Waals surface area contributed by atoms with Crippen LogP contribution in [-0.4, -0.2) is 0 Å². The maximum Gasteiger partial charge on any atom is 0.132 e. The van der Waals surface area contributed by atoms with Crippen LogP contribution in [0.5, 0.6) is 0 Å². The van der Waals surface area contributed by atoms with E-state index in [2.05, 4.69) is 6.92 Å².